The second-order valence-corrected chi connectivity index (χ2v) is 11.9. The number of benzene rings is 3. The third-order valence-corrected chi connectivity index (χ3v) is 8.90. The van der Waals surface area contributed by atoms with E-state index in [1.54, 1.807) is 7.11 Å². The minimum Gasteiger partial charge on any atom is -0.496 e. The van der Waals surface area contributed by atoms with Crippen LogP contribution in [-0.2, 0) is 35.7 Å². The molecule has 8 nitrogen and oxygen atoms in total. The second-order valence-electron chi connectivity index (χ2n) is 11.9. The van der Waals surface area contributed by atoms with E-state index in [0.29, 0.717) is 32.3 Å². The second kappa shape index (κ2) is 15.9. The molecule has 2 aliphatic heterocycles. The van der Waals surface area contributed by atoms with Crippen LogP contribution in [0.3, 0.4) is 0 Å². The van der Waals surface area contributed by atoms with Gasteiger partial charge in [-0.25, -0.2) is 4.98 Å². The molecule has 1 aromatic heterocycles. The molecule has 0 amide bonds. The molecule has 3 heterocycles. The van der Waals surface area contributed by atoms with E-state index >= 15 is 0 Å². The van der Waals surface area contributed by atoms with Crippen molar-refractivity contribution in [1.29, 1.82) is 0 Å². The summed E-state index contributed by atoms with van der Waals surface area (Å²) in [6.07, 6.45) is 10.1. The van der Waals surface area contributed by atoms with Gasteiger partial charge in [0, 0.05) is 62.2 Å². The van der Waals surface area contributed by atoms with Gasteiger partial charge in [0.25, 0.3) is 0 Å². The van der Waals surface area contributed by atoms with E-state index in [4.69, 9.17) is 18.9 Å². The Balaban J connectivity index is 0.974. The van der Waals surface area contributed by atoms with Crippen LogP contribution in [0.25, 0.3) is 0 Å². The lowest BCUT2D eigenvalue weighted by Gasteiger charge is -2.33. The fraction of sp³-hybridized carbons (Fsp3) is 0.432. The number of hydrogen-bond acceptors (Lipinski definition) is 7. The molecule has 2 aliphatic rings. The number of aryl methyl sites for hydroxylation is 1. The predicted octanol–water partition coefficient (Wildman–Crippen LogP) is 5.99. The summed E-state index contributed by atoms with van der Waals surface area (Å²) >= 11 is 0. The number of rotatable bonds is 15. The van der Waals surface area contributed by atoms with Crippen LogP contribution in [0, 0.1) is 0 Å². The molecule has 1 N–H and O–H groups in total. The van der Waals surface area contributed by atoms with Gasteiger partial charge in [-0.15, -0.1) is 0 Å². The first-order chi connectivity index (χ1) is 22.3. The Morgan fingerprint density at radius 1 is 0.978 bits per heavy atom. The third-order valence-electron chi connectivity index (χ3n) is 8.90. The summed E-state index contributed by atoms with van der Waals surface area (Å²) in [7, 11) is 1.69. The molecular formula is C37H46N4O4. The van der Waals surface area contributed by atoms with Crippen molar-refractivity contribution in [3.8, 4) is 11.5 Å². The molecule has 2 atom stereocenters. The highest BCUT2D eigenvalue weighted by atomic mass is 16.5. The zero-order valence-corrected chi connectivity index (χ0v) is 26.4. The standard InChI is InChI=1S/C37H46N4O4/c1-42-36-8-3-2-6-32(36)27-43-22-5-23-44-33-13-11-30(12-14-33)34-15-16-38-25-37(34)45-26-29-9-10-31-7-4-18-41(35(31)24-29)21-20-40-19-17-39-28-40/h2-3,6,8-14,17,19,24,28,34,37-38H,4-5,7,15-16,18,20-23,25-27H2,1H3. The molecule has 1 fully saturated rings. The van der Waals surface area contributed by atoms with E-state index in [9.17, 15) is 0 Å². The van der Waals surface area contributed by atoms with Gasteiger partial charge < -0.3 is 33.7 Å². The van der Waals surface area contributed by atoms with Crippen molar-refractivity contribution in [1.82, 2.24) is 14.9 Å². The molecular weight excluding hydrogens is 564 g/mol. The van der Waals surface area contributed by atoms with Crippen LogP contribution < -0.4 is 19.7 Å². The Morgan fingerprint density at radius 2 is 1.89 bits per heavy atom. The minimum atomic E-state index is 0.124. The first kappa shape index (κ1) is 31.1. The number of para-hydroxylation sites is 1. The average Bonchev–Trinajstić information content (AvgIpc) is 3.62. The third kappa shape index (κ3) is 8.45. The number of piperidine rings is 1. The highest BCUT2D eigenvalue weighted by Crippen LogP contribution is 2.32. The average molecular weight is 611 g/mol. The zero-order valence-electron chi connectivity index (χ0n) is 26.4. The van der Waals surface area contributed by atoms with Crippen molar-refractivity contribution in [2.24, 2.45) is 0 Å². The summed E-state index contributed by atoms with van der Waals surface area (Å²) in [5, 5.41) is 3.55. The first-order valence-electron chi connectivity index (χ1n) is 16.3. The van der Waals surface area contributed by atoms with E-state index in [-0.39, 0.29) is 6.10 Å². The maximum absolute atomic E-state index is 6.61. The Kier molecular flexibility index (Phi) is 11.0. The maximum atomic E-state index is 6.61. The molecule has 8 heteroatoms. The number of ether oxygens (including phenoxy) is 4. The maximum Gasteiger partial charge on any atom is 0.124 e. The van der Waals surface area contributed by atoms with Crippen molar-refractivity contribution in [2.45, 2.75) is 57.5 Å². The number of anilines is 1. The van der Waals surface area contributed by atoms with Gasteiger partial charge in [0.2, 0.25) is 0 Å². The van der Waals surface area contributed by atoms with Crippen molar-refractivity contribution >= 4 is 5.69 Å². The molecule has 45 heavy (non-hydrogen) atoms. The van der Waals surface area contributed by atoms with Gasteiger partial charge in [0.15, 0.2) is 0 Å². The van der Waals surface area contributed by atoms with Gasteiger partial charge in [-0.2, -0.15) is 0 Å². The predicted molar refractivity (Wildman–Crippen MR) is 177 cm³/mol. The monoisotopic (exact) mass is 610 g/mol. The topological polar surface area (TPSA) is 70.0 Å². The van der Waals surface area contributed by atoms with E-state index in [1.165, 1.54) is 28.8 Å². The van der Waals surface area contributed by atoms with E-state index in [0.717, 1.165) is 69.0 Å². The van der Waals surface area contributed by atoms with Gasteiger partial charge in [0.1, 0.15) is 11.5 Å². The lowest BCUT2D eigenvalue weighted by atomic mass is 9.87. The van der Waals surface area contributed by atoms with Gasteiger partial charge >= 0.3 is 0 Å². The quantitative estimate of drug-likeness (QED) is 0.166. The Labute approximate surface area is 267 Å². The summed E-state index contributed by atoms with van der Waals surface area (Å²) in [6, 6.07) is 23.4. The molecule has 0 radical (unpaired) electrons. The first-order valence-corrected chi connectivity index (χ1v) is 16.3. The minimum absolute atomic E-state index is 0.124. The van der Waals surface area contributed by atoms with Crippen molar-refractivity contribution in [3.05, 3.63) is 108 Å². The highest BCUT2D eigenvalue weighted by molar-refractivity contribution is 5.57. The molecule has 0 spiro atoms. The number of fused-ring (bicyclic) bond motifs is 1. The molecule has 4 aromatic rings. The smallest absolute Gasteiger partial charge is 0.124 e. The Bertz CT molecular complexity index is 1460. The molecule has 0 bridgehead atoms. The van der Waals surface area contributed by atoms with Crippen molar-refractivity contribution in [3.63, 3.8) is 0 Å². The van der Waals surface area contributed by atoms with E-state index < -0.39 is 0 Å². The summed E-state index contributed by atoms with van der Waals surface area (Å²) in [6.45, 7) is 7.30. The molecule has 1 saturated heterocycles. The van der Waals surface area contributed by atoms with Crippen molar-refractivity contribution in [2.75, 3.05) is 51.4 Å². The fourth-order valence-corrected chi connectivity index (χ4v) is 6.43. The molecule has 0 saturated carbocycles. The van der Waals surface area contributed by atoms with Gasteiger partial charge in [0.05, 0.1) is 46.0 Å². The SMILES string of the molecule is COc1ccccc1COCCCOc1ccc(C2CCNCC2OCc2ccc3c(c2)N(CCn2ccnc2)CCC3)cc1. The van der Waals surface area contributed by atoms with Crippen LogP contribution in [-0.4, -0.2) is 62.2 Å². The van der Waals surface area contributed by atoms with Crippen LogP contribution in [0.1, 0.15) is 47.4 Å². The van der Waals surface area contributed by atoms with Gasteiger partial charge in [-0.05, 0) is 66.8 Å². The molecule has 6 rings (SSSR count). The normalized spacial score (nSPS) is 18.0. The Morgan fingerprint density at radius 3 is 2.76 bits per heavy atom. The number of nitrogens with zero attached hydrogens (tertiary/aromatic N) is 3. The van der Waals surface area contributed by atoms with Crippen LogP contribution in [0.4, 0.5) is 5.69 Å². The fourth-order valence-electron chi connectivity index (χ4n) is 6.43. The molecule has 238 valence electrons. The van der Waals surface area contributed by atoms with Crippen LogP contribution in [0.2, 0.25) is 0 Å². The summed E-state index contributed by atoms with van der Waals surface area (Å²) in [5.74, 6) is 2.10. The lowest BCUT2D eigenvalue weighted by Crippen LogP contribution is -2.41. The Hall–Kier alpha value is -3.85. The lowest BCUT2D eigenvalue weighted by molar-refractivity contribution is 0.0106. The number of hydrogen-bond donors (Lipinski definition) is 1. The summed E-state index contributed by atoms with van der Waals surface area (Å²) in [5.41, 5.74) is 6.41. The van der Waals surface area contributed by atoms with E-state index in [1.807, 2.05) is 43.0 Å². The van der Waals surface area contributed by atoms with Gasteiger partial charge in [-0.1, -0.05) is 42.5 Å². The summed E-state index contributed by atoms with van der Waals surface area (Å²) < 4.78 is 26.0. The number of aromatic nitrogens is 2. The van der Waals surface area contributed by atoms with Crippen molar-refractivity contribution < 1.29 is 18.9 Å². The highest BCUT2D eigenvalue weighted by Gasteiger charge is 2.27. The van der Waals surface area contributed by atoms with Crippen LogP contribution in [0.15, 0.2) is 85.5 Å². The van der Waals surface area contributed by atoms with E-state index in [2.05, 4.69) is 62.2 Å². The molecule has 0 aliphatic carbocycles. The van der Waals surface area contributed by atoms with Crippen LogP contribution in [0.5, 0.6) is 11.5 Å². The zero-order chi connectivity index (χ0) is 30.7. The van der Waals surface area contributed by atoms with Gasteiger partial charge in [-0.3, -0.25) is 0 Å². The molecule has 3 aromatic carbocycles. The largest absolute Gasteiger partial charge is 0.496 e. The van der Waals surface area contributed by atoms with Crippen LogP contribution >= 0.6 is 0 Å². The number of methoxy groups -OCH3 is 1. The number of nitrogens with one attached hydrogen (secondary N) is 1. The molecule has 2 unspecified atom stereocenters. The summed E-state index contributed by atoms with van der Waals surface area (Å²) in [4.78, 5) is 6.71. The number of imidazole rings is 1.